The number of para-hydroxylation sites is 1. The number of benzene rings is 3. The van der Waals surface area contributed by atoms with Crippen LogP contribution < -0.4 is 14.8 Å². The zero-order valence-corrected chi connectivity index (χ0v) is 23.1. The van der Waals surface area contributed by atoms with Gasteiger partial charge in [-0.3, -0.25) is 9.69 Å². The standard InChI is InChI=1S/C32H36FN3O4/c1-38-30-12-9-24(19-31(30)39-2)27(20-32(37)34-13-14-35-15-17-40-18-16-35)28-22-36(29-6-4-3-5-26(28)29)21-23-7-10-25(33)11-8-23/h3-12,19,22,27H,13-18,20-21H2,1-2H3,(H,34,37)/t27-/m1/s1. The van der Waals surface area contributed by atoms with Crippen molar-refractivity contribution in [2.24, 2.45) is 0 Å². The Kier molecular flexibility index (Phi) is 8.98. The highest BCUT2D eigenvalue weighted by Crippen LogP contribution is 2.38. The van der Waals surface area contributed by atoms with Gasteiger partial charge >= 0.3 is 0 Å². The van der Waals surface area contributed by atoms with Gasteiger partial charge in [-0.2, -0.15) is 0 Å². The van der Waals surface area contributed by atoms with E-state index in [1.165, 1.54) is 12.1 Å². The lowest BCUT2D eigenvalue weighted by atomic mass is 9.87. The Morgan fingerprint density at radius 3 is 2.50 bits per heavy atom. The van der Waals surface area contributed by atoms with E-state index in [4.69, 9.17) is 14.2 Å². The number of amides is 1. The first-order chi connectivity index (χ1) is 19.6. The first kappa shape index (κ1) is 27.7. The van der Waals surface area contributed by atoms with Gasteiger partial charge in [0, 0.05) is 62.2 Å². The number of nitrogens with zero attached hydrogens (tertiary/aromatic N) is 2. The molecule has 0 saturated carbocycles. The smallest absolute Gasteiger partial charge is 0.220 e. The van der Waals surface area contributed by atoms with Crippen LogP contribution in [-0.4, -0.2) is 69.0 Å². The normalized spacial score (nSPS) is 14.7. The van der Waals surface area contributed by atoms with Crippen LogP contribution in [0.3, 0.4) is 0 Å². The maximum atomic E-state index is 13.5. The summed E-state index contributed by atoms with van der Waals surface area (Å²) in [5.41, 5.74) is 4.07. The number of morpholine rings is 1. The third kappa shape index (κ3) is 6.46. The molecule has 8 heteroatoms. The van der Waals surface area contributed by atoms with Crippen LogP contribution in [0.2, 0.25) is 0 Å². The molecule has 1 N–H and O–H groups in total. The van der Waals surface area contributed by atoms with Crippen molar-refractivity contribution in [2.45, 2.75) is 18.9 Å². The minimum absolute atomic E-state index is 0.0107. The van der Waals surface area contributed by atoms with Gasteiger partial charge in [0.15, 0.2) is 11.5 Å². The predicted octanol–water partition coefficient (Wildman–Crippen LogP) is 4.82. The van der Waals surface area contributed by atoms with Crippen LogP contribution in [-0.2, 0) is 16.1 Å². The molecule has 1 saturated heterocycles. The summed E-state index contributed by atoms with van der Waals surface area (Å²) in [5, 5.41) is 4.21. The van der Waals surface area contributed by atoms with Gasteiger partial charge in [-0.1, -0.05) is 36.4 Å². The minimum Gasteiger partial charge on any atom is -0.493 e. The van der Waals surface area contributed by atoms with Gasteiger partial charge in [0.2, 0.25) is 5.91 Å². The summed E-state index contributed by atoms with van der Waals surface area (Å²) in [6, 6.07) is 20.6. The molecule has 1 fully saturated rings. The minimum atomic E-state index is -0.255. The van der Waals surface area contributed by atoms with E-state index in [9.17, 15) is 9.18 Å². The van der Waals surface area contributed by atoms with Crippen molar-refractivity contribution in [1.29, 1.82) is 0 Å². The highest BCUT2D eigenvalue weighted by Gasteiger charge is 2.24. The van der Waals surface area contributed by atoms with Gasteiger partial charge in [-0.15, -0.1) is 0 Å². The van der Waals surface area contributed by atoms with Crippen molar-refractivity contribution in [3.05, 3.63) is 95.4 Å². The van der Waals surface area contributed by atoms with Crippen molar-refractivity contribution < 1.29 is 23.4 Å². The van der Waals surface area contributed by atoms with Crippen LogP contribution in [0.25, 0.3) is 10.9 Å². The summed E-state index contributed by atoms with van der Waals surface area (Å²) in [6.07, 6.45) is 2.40. The summed E-state index contributed by atoms with van der Waals surface area (Å²) < 4.78 is 32.2. The number of carbonyl (C=O) groups excluding carboxylic acids is 1. The highest BCUT2D eigenvalue weighted by atomic mass is 19.1. The maximum Gasteiger partial charge on any atom is 0.220 e. The number of ether oxygens (including phenoxy) is 3. The van der Waals surface area contributed by atoms with Gasteiger partial charge in [0.05, 0.1) is 27.4 Å². The largest absolute Gasteiger partial charge is 0.493 e. The molecule has 1 aliphatic rings. The molecule has 2 heterocycles. The van der Waals surface area contributed by atoms with Gasteiger partial charge in [-0.25, -0.2) is 4.39 Å². The van der Waals surface area contributed by atoms with Crippen molar-refractivity contribution >= 4 is 16.8 Å². The summed E-state index contributed by atoms with van der Waals surface area (Å²) in [5.74, 6) is 0.771. The number of fused-ring (bicyclic) bond motifs is 1. The zero-order chi connectivity index (χ0) is 27.9. The number of aromatic nitrogens is 1. The Morgan fingerprint density at radius 1 is 1.00 bits per heavy atom. The SMILES string of the molecule is COc1ccc([C@@H](CC(=O)NCCN2CCOCC2)c2cn(Cc3ccc(F)cc3)c3ccccc23)cc1OC. The molecule has 1 amide bonds. The molecule has 0 unspecified atom stereocenters. The van der Waals surface area contributed by atoms with Gasteiger partial charge < -0.3 is 24.1 Å². The van der Waals surface area contributed by atoms with Crippen LogP contribution in [0.15, 0.2) is 72.9 Å². The van der Waals surface area contributed by atoms with Crippen molar-refractivity contribution in [3.8, 4) is 11.5 Å². The quantitative estimate of drug-likeness (QED) is 0.293. The van der Waals surface area contributed by atoms with E-state index in [1.54, 1.807) is 26.4 Å². The maximum absolute atomic E-state index is 13.5. The van der Waals surface area contributed by atoms with Crippen molar-refractivity contribution in [2.75, 3.05) is 53.6 Å². The van der Waals surface area contributed by atoms with Crippen LogP contribution >= 0.6 is 0 Å². The van der Waals surface area contributed by atoms with E-state index in [-0.39, 0.29) is 24.1 Å². The number of rotatable bonds is 11. The molecule has 1 aromatic heterocycles. The Hall–Kier alpha value is -3.88. The number of halogens is 1. The second-order valence-corrected chi connectivity index (χ2v) is 10.0. The van der Waals surface area contributed by atoms with Crippen LogP contribution in [0.5, 0.6) is 11.5 Å². The van der Waals surface area contributed by atoms with E-state index >= 15 is 0 Å². The average molecular weight is 546 g/mol. The lowest BCUT2D eigenvalue weighted by Gasteiger charge is -2.26. The number of carbonyl (C=O) groups is 1. The summed E-state index contributed by atoms with van der Waals surface area (Å²) in [4.78, 5) is 15.6. The molecule has 5 rings (SSSR count). The first-order valence-corrected chi connectivity index (χ1v) is 13.7. The van der Waals surface area contributed by atoms with Crippen LogP contribution in [0, 0.1) is 5.82 Å². The number of hydrogen-bond donors (Lipinski definition) is 1. The highest BCUT2D eigenvalue weighted by molar-refractivity contribution is 5.87. The molecule has 0 spiro atoms. The Morgan fingerprint density at radius 2 is 1.75 bits per heavy atom. The molecule has 0 radical (unpaired) electrons. The molecular formula is C32H36FN3O4. The molecule has 0 bridgehead atoms. The molecule has 1 atom stereocenters. The molecule has 40 heavy (non-hydrogen) atoms. The second-order valence-electron chi connectivity index (χ2n) is 10.0. The fourth-order valence-corrected chi connectivity index (χ4v) is 5.38. The fraction of sp³-hybridized carbons (Fsp3) is 0.344. The van der Waals surface area contributed by atoms with Crippen molar-refractivity contribution in [1.82, 2.24) is 14.8 Å². The predicted molar refractivity (Wildman–Crippen MR) is 154 cm³/mol. The lowest BCUT2D eigenvalue weighted by Crippen LogP contribution is -2.41. The third-order valence-electron chi connectivity index (χ3n) is 7.51. The Bertz CT molecular complexity index is 1430. The molecule has 4 aromatic rings. The summed E-state index contributed by atoms with van der Waals surface area (Å²) in [7, 11) is 3.23. The molecule has 0 aliphatic carbocycles. The van der Waals surface area contributed by atoms with Gasteiger partial charge in [0.25, 0.3) is 0 Å². The van der Waals surface area contributed by atoms with Gasteiger partial charge in [0.1, 0.15) is 5.82 Å². The van der Waals surface area contributed by atoms with E-state index in [2.05, 4.69) is 33.1 Å². The van der Waals surface area contributed by atoms with Gasteiger partial charge in [-0.05, 0) is 47.0 Å². The van der Waals surface area contributed by atoms with E-state index in [0.717, 1.165) is 60.4 Å². The Labute approximate surface area is 234 Å². The monoisotopic (exact) mass is 545 g/mol. The number of nitrogens with one attached hydrogen (secondary N) is 1. The average Bonchev–Trinajstić information content (AvgIpc) is 3.35. The Balaban J connectivity index is 1.46. The van der Waals surface area contributed by atoms with E-state index in [0.29, 0.717) is 24.6 Å². The van der Waals surface area contributed by atoms with Crippen LogP contribution in [0.4, 0.5) is 4.39 Å². The second kappa shape index (κ2) is 13.0. The van der Waals surface area contributed by atoms with E-state index in [1.807, 2.05) is 30.3 Å². The number of hydrogen-bond acceptors (Lipinski definition) is 5. The van der Waals surface area contributed by atoms with E-state index < -0.39 is 0 Å². The lowest BCUT2D eigenvalue weighted by molar-refractivity contribution is -0.121. The molecular weight excluding hydrogens is 509 g/mol. The fourth-order valence-electron chi connectivity index (χ4n) is 5.38. The topological polar surface area (TPSA) is 65.0 Å². The summed E-state index contributed by atoms with van der Waals surface area (Å²) in [6.45, 7) is 5.21. The molecule has 7 nitrogen and oxygen atoms in total. The van der Waals surface area contributed by atoms with Crippen LogP contribution in [0.1, 0.15) is 29.0 Å². The summed E-state index contributed by atoms with van der Waals surface area (Å²) >= 11 is 0. The molecule has 1 aliphatic heterocycles. The molecule has 210 valence electrons. The first-order valence-electron chi connectivity index (χ1n) is 13.7. The molecule has 3 aromatic carbocycles. The van der Waals surface area contributed by atoms with Crippen molar-refractivity contribution in [3.63, 3.8) is 0 Å². The number of methoxy groups -OCH3 is 2. The third-order valence-corrected chi connectivity index (χ3v) is 7.51. The zero-order valence-electron chi connectivity index (χ0n) is 23.1.